The average Bonchev–Trinajstić information content (AvgIpc) is 3.07. The summed E-state index contributed by atoms with van der Waals surface area (Å²) in [5, 5.41) is 8.69. The third-order valence-electron chi connectivity index (χ3n) is 8.75. The molecule has 0 spiro atoms. The van der Waals surface area contributed by atoms with Crippen LogP contribution in [0.15, 0.2) is 60.8 Å². The molecule has 48 heavy (non-hydrogen) atoms. The number of carboxylic acids is 1. The molecule has 1 unspecified atom stereocenters. The summed E-state index contributed by atoms with van der Waals surface area (Å²) >= 11 is 0. The summed E-state index contributed by atoms with van der Waals surface area (Å²) in [6, 6.07) is 0. The first-order chi connectivity index (χ1) is 23.6. The van der Waals surface area contributed by atoms with Gasteiger partial charge in [0.15, 0.2) is 0 Å². The molecule has 4 heteroatoms. The highest BCUT2D eigenvalue weighted by molar-refractivity contribution is 5.69. The van der Waals surface area contributed by atoms with Crippen molar-refractivity contribution >= 4 is 11.9 Å². The Hall–Kier alpha value is -2.36. The van der Waals surface area contributed by atoms with E-state index in [1.54, 1.807) is 0 Å². The molecule has 1 atom stereocenters. The van der Waals surface area contributed by atoms with Gasteiger partial charge in [-0.25, -0.2) is 0 Å². The minimum absolute atomic E-state index is 0.0123. The van der Waals surface area contributed by atoms with Gasteiger partial charge in [-0.1, -0.05) is 164 Å². The summed E-state index contributed by atoms with van der Waals surface area (Å²) in [6.07, 6.45) is 54.2. The standard InChI is InChI=1S/C44H76O4/c1-3-5-7-8-9-10-11-12-13-14-15-16-17-18-19-20-24-27-30-33-37-41-44(47)48-42(38-34-6-4-2)39-35-31-28-25-22-21-23-26-29-32-36-40-43(45)46/h5,7,9-10,12-13,15-16,18-19,42H,3-4,6,8,11,14,17,20-41H2,1-2H3,(H,45,46)/b7-5-,10-9-,13-12-,16-15-,19-18-. The molecule has 4 nitrogen and oxygen atoms in total. The van der Waals surface area contributed by atoms with E-state index < -0.39 is 5.97 Å². The Morgan fingerprint density at radius 1 is 0.479 bits per heavy atom. The van der Waals surface area contributed by atoms with Crippen LogP contribution in [0.25, 0.3) is 0 Å². The molecule has 0 aliphatic carbocycles. The predicted molar refractivity (Wildman–Crippen MR) is 208 cm³/mol. The molecule has 0 aromatic rings. The minimum Gasteiger partial charge on any atom is -0.481 e. The number of unbranched alkanes of at least 4 members (excludes halogenated alkanes) is 17. The number of ether oxygens (including phenoxy) is 1. The monoisotopic (exact) mass is 669 g/mol. The van der Waals surface area contributed by atoms with E-state index in [0.29, 0.717) is 12.8 Å². The van der Waals surface area contributed by atoms with E-state index in [1.807, 2.05) is 0 Å². The lowest BCUT2D eigenvalue weighted by atomic mass is 10.0. The molecule has 0 fully saturated rings. The highest BCUT2D eigenvalue weighted by Gasteiger charge is 2.14. The minimum atomic E-state index is -0.675. The third-order valence-corrected chi connectivity index (χ3v) is 8.75. The number of carbonyl (C=O) groups is 2. The molecule has 1 N–H and O–H groups in total. The zero-order valence-corrected chi connectivity index (χ0v) is 31.5. The molecular weight excluding hydrogens is 592 g/mol. The number of allylic oxidation sites excluding steroid dienone is 10. The fraction of sp³-hybridized carbons (Fsp3) is 0.727. The van der Waals surface area contributed by atoms with E-state index in [2.05, 4.69) is 74.6 Å². The molecule has 0 aromatic carbocycles. The lowest BCUT2D eigenvalue weighted by Crippen LogP contribution is -2.18. The van der Waals surface area contributed by atoms with Crippen LogP contribution in [0.2, 0.25) is 0 Å². The number of hydrogen-bond acceptors (Lipinski definition) is 3. The molecule has 0 aliphatic rings. The number of carbonyl (C=O) groups excluding carboxylic acids is 1. The topological polar surface area (TPSA) is 63.6 Å². The van der Waals surface area contributed by atoms with E-state index in [-0.39, 0.29) is 12.1 Å². The predicted octanol–water partition coefficient (Wildman–Crippen LogP) is 14.1. The highest BCUT2D eigenvalue weighted by atomic mass is 16.5. The maximum Gasteiger partial charge on any atom is 0.306 e. The fourth-order valence-electron chi connectivity index (χ4n) is 5.80. The Morgan fingerprint density at radius 3 is 1.35 bits per heavy atom. The van der Waals surface area contributed by atoms with Crippen LogP contribution in [-0.4, -0.2) is 23.1 Å². The van der Waals surface area contributed by atoms with E-state index in [4.69, 9.17) is 9.84 Å². The van der Waals surface area contributed by atoms with E-state index in [1.165, 1.54) is 77.0 Å². The summed E-state index contributed by atoms with van der Waals surface area (Å²) in [5.74, 6) is -0.663. The Balaban J connectivity index is 3.79. The molecule has 276 valence electrons. The largest absolute Gasteiger partial charge is 0.481 e. The van der Waals surface area contributed by atoms with Gasteiger partial charge in [-0.05, 0) is 83.5 Å². The molecule has 0 aromatic heterocycles. The summed E-state index contributed by atoms with van der Waals surface area (Å²) in [7, 11) is 0. The van der Waals surface area contributed by atoms with Crippen molar-refractivity contribution in [3.8, 4) is 0 Å². The van der Waals surface area contributed by atoms with E-state index >= 15 is 0 Å². The number of hydrogen-bond donors (Lipinski definition) is 1. The smallest absolute Gasteiger partial charge is 0.306 e. The number of aliphatic carboxylic acids is 1. The quantitative estimate of drug-likeness (QED) is 0.0410. The molecule has 0 rings (SSSR count). The van der Waals surface area contributed by atoms with Gasteiger partial charge in [-0.15, -0.1) is 0 Å². The first-order valence-corrected chi connectivity index (χ1v) is 20.3. The van der Waals surface area contributed by atoms with E-state index in [0.717, 1.165) is 96.3 Å². The second-order valence-electron chi connectivity index (χ2n) is 13.4. The molecule has 0 bridgehead atoms. The lowest BCUT2D eigenvalue weighted by Gasteiger charge is -2.18. The van der Waals surface area contributed by atoms with Gasteiger partial charge in [0.1, 0.15) is 6.10 Å². The second-order valence-corrected chi connectivity index (χ2v) is 13.4. The Morgan fingerprint density at radius 2 is 0.875 bits per heavy atom. The van der Waals surface area contributed by atoms with Gasteiger partial charge in [0.2, 0.25) is 0 Å². The van der Waals surface area contributed by atoms with Crippen LogP contribution in [-0.2, 0) is 14.3 Å². The first-order valence-electron chi connectivity index (χ1n) is 20.3. The van der Waals surface area contributed by atoms with Gasteiger partial charge in [-0.2, -0.15) is 0 Å². The van der Waals surface area contributed by atoms with Gasteiger partial charge in [0, 0.05) is 12.8 Å². The fourth-order valence-corrected chi connectivity index (χ4v) is 5.80. The maximum absolute atomic E-state index is 12.6. The van der Waals surface area contributed by atoms with Gasteiger partial charge in [-0.3, -0.25) is 9.59 Å². The van der Waals surface area contributed by atoms with Crippen LogP contribution < -0.4 is 0 Å². The molecule has 0 saturated carbocycles. The van der Waals surface area contributed by atoms with E-state index in [9.17, 15) is 9.59 Å². The molecule has 0 saturated heterocycles. The van der Waals surface area contributed by atoms with Crippen LogP contribution >= 0.6 is 0 Å². The van der Waals surface area contributed by atoms with Crippen molar-refractivity contribution in [2.45, 2.75) is 206 Å². The molecular formula is C44H76O4. The molecule has 0 aliphatic heterocycles. The van der Waals surface area contributed by atoms with Crippen LogP contribution in [0.3, 0.4) is 0 Å². The summed E-state index contributed by atoms with van der Waals surface area (Å²) in [4.78, 5) is 23.1. The molecule has 0 radical (unpaired) electrons. The summed E-state index contributed by atoms with van der Waals surface area (Å²) in [5.41, 5.74) is 0. The van der Waals surface area contributed by atoms with Crippen molar-refractivity contribution in [3.05, 3.63) is 60.8 Å². The number of esters is 1. The van der Waals surface area contributed by atoms with Crippen molar-refractivity contribution in [1.82, 2.24) is 0 Å². The van der Waals surface area contributed by atoms with Crippen molar-refractivity contribution in [2.75, 3.05) is 0 Å². The van der Waals surface area contributed by atoms with Crippen molar-refractivity contribution in [3.63, 3.8) is 0 Å². The second kappa shape index (κ2) is 39.1. The highest BCUT2D eigenvalue weighted by Crippen LogP contribution is 2.18. The number of rotatable bonds is 36. The van der Waals surface area contributed by atoms with Crippen LogP contribution in [0.1, 0.15) is 200 Å². The van der Waals surface area contributed by atoms with Gasteiger partial charge in [0.05, 0.1) is 0 Å². The Bertz CT molecular complexity index is 850. The lowest BCUT2D eigenvalue weighted by molar-refractivity contribution is -0.150. The average molecular weight is 669 g/mol. The van der Waals surface area contributed by atoms with Crippen molar-refractivity contribution in [2.24, 2.45) is 0 Å². The number of carboxylic acid groups (broad SMARTS) is 1. The molecule has 0 heterocycles. The SMILES string of the molecule is CC/C=C\C/C=C\C/C=C\C/C=C\C/C=C\CCCCCCCC(=O)OC(CCCCC)CCCCCCCCCCCCCC(=O)O. The van der Waals surface area contributed by atoms with Gasteiger partial charge < -0.3 is 9.84 Å². The first kappa shape index (κ1) is 45.6. The van der Waals surface area contributed by atoms with Crippen molar-refractivity contribution in [1.29, 1.82) is 0 Å². The molecule has 0 amide bonds. The van der Waals surface area contributed by atoms with Gasteiger partial charge in [0.25, 0.3) is 0 Å². The van der Waals surface area contributed by atoms with Gasteiger partial charge >= 0.3 is 11.9 Å². The van der Waals surface area contributed by atoms with Crippen molar-refractivity contribution < 1.29 is 19.4 Å². The zero-order chi connectivity index (χ0) is 35.0. The third kappa shape index (κ3) is 38.1. The Labute approximate surface area is 297 Å². The van der Waals surface area contributed by atoms with Crippen LogP contribution in [0.4, 0.5) is 0 Å². The van der Waals surface area contributed by atoms with Crippen LogP contribution in [0, 0.1) is 0 Å². The normalized spacial score (nSPS) is 12.9. The maximum atomic E-state index is 12.6. The Kier molecular flexibility index (Phi) is 37.2. The summed E-state index contributed by atoms with van der Waals surface area (Å²) < 4.78 is 5.96. The van der Waals surface area contributed by atoms with Crippen LogP contribution in [0.5, 0.6) is 0 Å². The zero-order valence-electron chi connectivity index (χ0n) is 31.5. The summed E-state index contributed by atoms with van der Waals surface area (Å²) in [6.45, 7) is 4.39.